The number of aliphatic hydroxyl groups excluding tert-OH is 1. The quantitative estimate of drug-likeness (QED) is 0.879. The number of nitrogens with zero attached hydrogens (tertiary/aromatic N) is 2. The van der Waals surface area contributed by atoms with E-state index >= 15 is 0 Å². The monoisotopic (exact) mass is 278 g/mol. The fourth-order valence-electron chi connectivity index (χ4n) is 2.82. The minimum absolute atomic E-state index is 0.444. The van der Waals surface area contributed by atoms with E-state index in [1.165, 1.54) is 0 Å². The summed E-state index contributed by atoms with van der Waals surface area (Å²) < 4.78 is 0. The molecule has 0 amide bonds. The average molecular weight is 278 g/mol. The summed E-state index contributed by atoms with van der Waals surface area (Å²) in [6.07, 6.45) is -0.444. The molecule has 0 unspecified atom stereocenters. The van der Waals surface area contributed by atoms with Crippen LogP contribution in [0.25, 0.3) is 0 Å². The van der Waals surface area contributed by atoms with Crippen LogP contribution in [0.15, 0.2) is 24.3 Å². The van der Waals surface area contributed by atoms with Gasteiger partial charge in [0.15, 0.2) is 0 Å². The SMILES string of the molecule is C[C@@H](O)c1ccccc1N1CCN(CC(C)(C)O)CC1. The third-order valence-electron chi connectivity index (χ3n) is 3.71. The van der Waals surface area contributed by atoms with E-state index in [1.807, 2.05) is 39.0 Å². The van der Waals surface area contributed by atoms with Gasteiger partial charge in [0, 0.05) is 44.0 Å². The molecule has 4 nitrogen and oxygen atoms in total. The summed E-state index contributed by atoms with van der Waals surface area (Å²) in [4.78, 5) is 4.62. The molecule has 1 aromatic rings. The zero-order chi connectivity index (χ0) is 14.8. The van der Waals surface area contributed by atoms with E-state index < -0.39 is 11.7 Å². The number of piperazine rings is 1. The number of para-hydroxylation sites is 1. The van der Waals surface area contributed by atoms with Crippen LogP contribution in [-0.2, 0) is 0 Å². The van der Waals surface area contributed by atoms with Gasteiger partial charge in [-0.1, -0.05) is 18.2 Å². The second kappa shape index (κ2) is 6.12. The number of hydrogen-bond donors (Lipinski definition) is 2. The second-order valence-corrected chi connectivity index (χ2v) is 6.31. The molecule has 112 valence electrons. The van der Waals surface area contributed by atoms with Crippen LogP contribution in [0.3, 0.4) is 0 Å². The minimum atomic E-state index is -0.639. The molecule has 1 fully saturated rings. The highest BCUT2D eigenvalue weighted by atomic mass is 16.3. The first kappa shape index (κ1) is 15.3. The third-order valence-corrected chi connectivity index (χ3v) is 3.71. The van der Waals surface area contributed by atoms with Crippen LogP contribution < -0.4 is 4.90 Å². The Labute approximate surface area is 121 Å². The highest BCUT2D eigenvalue weighted by Gasteiger charge is 2.24. The molecule has 0 saturated carbocycles. The van der Waals surface area contributed by atoms with Crippen LogP contribution in [0.5, 0.6) is 0 Å². The molecule has 1 atom stereocenters. The number of aliphatic hydroxyl groups is 2. The van der Waals surface area contributed by atoms with Crippen LogP contribution in [0, 0.1) is 0 Å². The van der Waals surface area contributed by atoms with Gasteiger partial charge in [0.1, 0.15) is 0 Å². The Balaban J connectivity index is 2.01. The van der Waals surface area contributed by atoms with Gasteiger partial charge in [-0.25, -0.2) is 0 Å². The lowest BCUT2D eigenvalue weighted by molar-refractivity contribution is 0.0345. The van der Waals surface area contributed by atoms with Crippen molar-refractivity contribution in [3.8, 4) is 0 Å². The smallest absolute Gasteiger partial charge is 0.0781 e. The van der Waals surface area contributed by atoms with Crippen molar-refractivity contribution >= 4 is 5.69 Å². The van der Waals surface area contributed by atoms with Crippen molar-refractivity contribution in [1.29, 1.82) is 0 Å². The first-order chi connectivity index (χ1) is 9.37. The lowest BCUT2D eigenvalue weighted by Crippen LogP contribution is -2.50. The molecule has 20 heavy (non-hydrogen) atoms. The van der Waals surface area contributed by atoms with E-state index in [4.69, 9.17) is 0 Å². The molecular formula is C16H26N2O2. The van der Waals surface area contributed by atoms with Crippen molar-refractivity contribution in [1.82, 2.24) is 4.90 Å². The van der Waals surface area contributed by atoms with Crippen molar-refractivity contribution in [2.24, 2.45) is 0 Å². The van der Waals surface area contributed by atoms with Crippen LogP contribution in [0.4, 0.5) is 5.69 Å². The Kier molecular flexibility index (Phi) is 4.68. The molecule has 4 heteroatoms. The Morgan fingerprint density at radius 2 is 1.75 bits per heavy atom. The van der Waals surface area contributed by atoms with Crippen molar-refractivity contribution in [3.63, 3.8) is 0 Å². The van der Waals surface area contributed by atoms with Crippen LogP contribution >= 0.6 is 0 Å². The number of β-amino-alcohol motifs (C(OH)–C–C–N with tert-alkyl or cyclic N) is 1. The lowest BCUT2D eigenvalue weighted by atomic mass is 10.1. The van der Waals surface area contributed by atoms with Crippen LogP contribution in [0.1, 0.15) is 32.4 Å². The molecule has 2 N–H and O–H groups in total. The van der Waals surface area contributed by atoms with E-state index in [0.717, 1.165) is 37.4 Å². The zero-order valence-electron chi connectivity index (χ0n) is 12.7. The molecule has 0 aromatic heterocycles. The van der Waals surface area contributed by atoms with Gasteiger partial charge in [0.2, 0.25) is 0 Å². The number of hydrogen-bond acceptors (Lipinski definition) is 4. The van der Waals surface area contributed by atoms with E-state index in [1.54, 1.807) is 0 Å². The summed E-state index contributed by atoms with van der Waals surface area (Å²) >= 11 is 0. The number of rotatable bonds is 4. The van der Waals surface area contributed by atoms with Gasteiger partial charge in [-0.05, 0) is 26.8 Å². The molecule has 1 saturated heterocycles. The summed E-state index contributed by atoms with van der Waals surface area (Å²) in [6.45, 7) is 9.96. The first-order valence-electron chi connectivity index (χ1n) is 7.33. The maximum absolute atomic E-state index is 9.88. The highest BCUT2D eigenvalue weighted by Crippen LogP contribution is 2.27. The van der Waals surface area contributed by atoms with E-state index in [9.17, 15) is 10.2 Å². The first-order valence-corrected chi connectivity index (χ1v) is 7.33. The summed E-state index contributed by atoms with van der Waals surface area (Å²) in [5.74, 6) is 0. The maximum atomic E-state index is 9.88. The van der Waals surface area contributed by atoms with Gasteiger partial charge < -0.3 is 15.1 Å². The molecule has 0 bridgehead atoms. The Morgan fingerprint density at radius 3 is 2.30 bits per heavy atom. The standard InChI is InChI=1S/C16H26N2O2/c1-13(19)14-6-4-5-7-15(14)18-10-8-17(9-11-18)12-16(2,3)20/h4-7,13,19-20H,8-12H2,1-3H3/t13-/m1/s1. The number of anilines is 1. The summed E-state index contributed by atoms with van der Waals surface area (Å²) in [5.41, 5.74) is 1.48. The predicted molar refractivity (Wildman–Crippen MR) is 82.0 cm³/mol. The van der Waals surface area contributed by atoms with Gasteiger partial charge in [-0.15, -0.1) is 0 Å². The summed E-state index contributed by atoms with van der Waals surface area (Å²) in [5, 5.41) is 19.8. The summed E-state index contributed by atoms with van der Waals surface area (Å²) in [6, 6.07) is 8.05. The molecule has 1 heterocycles. The fraction of sp³-hybridized carbons (Fsp3) is 0.625. The molecule has 1 aromatic carbocycles. The second-order valence-electron chi connectivity index (χ2n) is 6.31. The van der Waals surface area contributed by atoms with E-state index in [-0.39, 0.29) is 0 Å². The highest BCUT2D eigenvalue weighted by molar-refractivity contribution is 5.54. The predicted octanol–water partition coefficient (Wildman–Crippen LogP) is 1.63. The largest absolute Gasteiger partial charge is 0.389 e. The molecule has 1 aliphatic rings. The zero-order valence-corrected chi connectivity index (χ0v) is 12.7. The fourth-order valence-corrected chi connectivity index (χ4v) is 2.82. The van der Waals surface area contributed by atoms with Gasteiger partial charge >= 0.3 is 0 Å². The van der Waals surface area contributed by atoms with Crippen molar-refractivity contribution in [3.05, 3.63) is 29.8 Å². The summed E-state index contributed by atoms with van der Waals surface area (Å²) in [7, 11) is 0. The van der Waals surface area contributed by atoms with Crippen LogP contribution in [0.2, 0.25) is 0 Å². The van der Waals surface area contributed by atoms with Gasteiger partial charge in [-0.2, -0.15) is 0 Å². The van der Waals surface area contributed by atoms with Gasteiger partial charge in [0.05, 0.1) is 11.7 Å². The van der Waals surface area contributed by atoms with Gasteiger partial charge in [0.25, 0.3) is 0 Å². The maximum Gasteiger partial charge on any atom is 0.0781 e. The molecule has 0 spiro atoms. The minimum Gasteiger partial charge on any atom is -0.389 e. The Hall–Kier alpha value is -1.10. The topological polar surface area (TPSA) is 46.9 Å². The Morgan fingerprint density at radius 1 is 1.15 bits per heavy atom. The molecule has 1 aliphatic heterocycles. The normalized spacial score (nSPS) is 19.1. The van der Waals surface area contributed by atoms with E-state index in [0.29, 0.717) is 6.54 Å². The molecule has 0 radical (unpaired) electrons. The van der Waals surface area contributed by atoms with Crippen molar-refractivity contribution in [2.75, 3.05) is 37.6 Å². The number of benzene rings is 1. The lowest BCUT2D eigenvalue weighted by Gasteiger charge is -2.39. The van der Waals surface area contributed by atoms with Crippen molar-refractivity contribution < 1.29 is 10.2 Å². The van der Waals surface area contributed by atoms with Crippen LogP contribution in [-0.4, -0.2) is 53.4 Å². The Bertz CT molecular complexity index is 432. The molecule has 2 rings (SSSR count). The van der Waals surface area contributed by atoms with Crippen molar-refractivity contribution in [2.45, 2.75) is 32.5 Å². The van der Waals surface area contributed by atoms with Gasteiger partial charge in [-0.3, -0.25) is 4.90 Å². The average Bonchev–Trinajstić information content (AvgIpc) is 2.38. The van der Waals surface area contributed by atoms with E-state index in [2.05, 4.69) is 15.9 Å². The third kappa shape index (κ3) is 3.95. The molecular weight excluding hydrogens is 252 g/mol. The molecule has 0 aliphatic carbocycles.